The lowest BCUT2D eigenvalue weighted by Gasteiger charge is -2.08. The fourth-order valence-electron chi connectivity index (χ4n) is 1.43. The Kier molecular flexibility index (Phi) is 5.89. The lowest BCUT2D eigenvalue weighted by molar-refractivity contribution is -0.274. The molecule has 0 saturated heterocycles. The molecule has 106 valence electrons. The van der Waals surface area contributed by atoms with E-state index in [1.807, 2.05) is 12.2 Å². The molecule has 0 unspecified atom stereocenters. The molecule has 0 aromatic heterocycles. The van der Waals surface area contributed by atoms with Crippen molar-refractivity contribution in [2.75, 3.05) is 13.1 Å². The van der Waals surface area contributed by atoms with E-state index in [1.54, 1.807) is 12.1 Å². The van der Waals surface area contributed by atoms with Crippen molar-refractivity contribution >= 4 is 6.08 Å². The molecule has 19 heavy (non-hydrogen) atoms. The molecule has 0 spiro atoms. The molecule has 1 rings (SSSR count). The third kappa shape index (κ3) is 7.51. The number of ether oxygens (including phenoxy) is 1. The van der Waals surface area contributed by atoms with E-state index in [1.165, 1.54) is 12.1 Å². The molecular weight excluding hydrogens is 255 g/mol. The van der Waals surface area contributed by atoms with Gasteiger partial charge in [0.1, 0.15) is 5.75 Å². The summed E-state index contributed by atoms with van der Waals surface area (Å²) < 4.78 is 39.6. The summed E-state index contributed by atoms with van der Waals surface area (Å²) in [5.74, 6) is 0.384. The molecule has 0 fully saturated rings. The van der Waals surface area contributed by atoms with E-state index in [0.29, 0.717) is 5.92 Å². The van der Waals surface area contributed by atoms with Crippen molar-refractivity contribution in [3.63, 3.8) is 0 Å². The Labute approximate surface area is 111 Å². The van der Waals surface area contributed by atoms with Crippen LogP contribution in [-0.2, 0) is 0 Å². The van der Waals surface area contributed by atoms with Crippen LogP contribution in [0.15, 0.2) is 30.3 Å². The first kappa shape index (κ1) is 15.6. The minimum absolute atomic E-state index is 0.206. The van der Waals surface area contributed by atoms with E-state index in [4.69, 9.17) is 0 Å². The van der Waals surface area contributed by atoms with Crippen molar-refractivity contribution in [2.24, 2.45) is 5.92 Å². The quantitative estimate of drug-likeness (QED) is 0.795. The van der Waals surface area contributed by atoms with Crippen LogP contribution in [-0.4, -0.2) is 19.5 Å². The fraction of sp³-hybridized carbons (Fsp3) is 0.429. The summed E-state index contributed by atoms with van der Waals surface area (Å²) in [5, 5.41) is 3.24. The zero-order chi connectivity index (χ0) is 14.3. The number of hydrogen-bond donors (Lipinski definition) is 1. The second-order valence-electron chi connectivity index (χ2n) is 4.57. The largest absolute Gasteiger partial charge is 0.573 e. The highest BCUT2D eigenvalue weighted by Gasteiger charge is 2.30. The zero-order valence-electron chi connectivity index (χ0n) is 11.0. The maximum atomic E-state index is 12.0. The summed E-state index contributed by atoms with van der Waals surface area (Å²) in [6.45, 7) is 5.91. The highest BCUT2D eigenvalue weighted by molar-refractivity contribution is 5.50. The number of rotatable bonds is 6. The average molecular weight is 273 g/mol. The molecule has 0 amide bonds. The number of benzene rings is 1. The third-order valence-electron chi connectivity index (χ3n) is 2.24. The molecule has 0 radical (unpaired) electrons. The van der Waals surface area contributed by atoms with Crippen LogP contribution in [0.25, 0.3) is 6.08 Å². The molecule has 1 aromatic rings. The van der Waals surface area contributed by atoms with Gasteiger partial charge in [-0.2, -0.15) is 0 Å². The maximum Gasteiger partial charge on any atom is 0.573 e. The molecule has 5 heteroatoms. The van der Waals surface area contributed by atoms with E-state index < -0.39 is 6.36 Å². The van der Waals surface area contributed by atoms with Crippen LogP contribution in [0.5, 0.6) is 5.75 Å². The van der Waals surface area contributed by atoms with Gasteiger partial charge in [-0.1, -0.05) is 38.1 Å². The molecular formula is C14H18F3NO. The van der Waals surface area contributed by atoms with Gasteiger partial charge in [0.05, 0.1) is 0 Å². The van der Waals surface area contributed by atoms with Crippen LogP contribution in [0.3, 0.4) is 0 Å². The van der Waals surface area contributed by atoms with Crippen molar-refractivity contribution in [1.29, 1.82) is 0 Å². The summed E-state index contributed by atoms with van der Waals surface area (Å²) in [7, 11) is 0. The predicted molar refractivity (Wildman–Crippen MR) is 69.9 cm³/mol. The van der Waals surface area contributed by atoms with Gasteiger partial charge in [-0.25, -0.2) is 0 Å². The van der Waals surface area contributed by atoms with E-state index in [-0.39, 0.29) is 5.75 Å². The Morgan fingerprint density at radius 2 is 1.84 bits per heavy atom. The SMILES string of the molecule is CC(C)CNCC=Cc1ccc(OC(F)(F)F)cc1. The first-order chi connectivity index (χ1) is 8.87. The minimum atomic E-state index is -4.64. The van der Waals surface area contributed by atoms with Crippen LogP contribution in [0, 0.1) is 5.92 Å². The van der Waals surface area contributed by atoms with E-state index >= 15 is 0 Å². The number of nitrogens with one attached hydrogen (secondary N) is 1. The van der Waals surface area contributed by atoms with Gasteiger partial charge in [0, 0.05) is 6.54 Å². The van der Waals surface area contributed by atoms with Crippen molar-refractivity contribution in [3.05, 3.63) is 35.9 Å². The van der Waals surface area contributed by atoms with Gasteiger partial charge < -0.3 is 10.1 Å². The molecule has 0 aliphatic heterocycles. The Bertz CT molecular complexity index is 396. The van der Waals surface area contributed by atoms with Gasteiger partial charge >= 0.3 is 6.36 Å². The summed E-state index contributed by atoms with van der Waals surface area (Å²) in [6, 6.07) is 5.77. The van der Waals surface area contributed by atoms with Gasteiger partial charge in [0.25, 0.3) is 0 Å². The fourth-order valence-corrected chi connectivity index (χ4v) is 1.43. The van der Waals surface area contributed by atoms with E-state index in [0.717, 1.165) is 18.7 Å². The monoisotopic (exact) mass is 273 g/mol. The van der Waals surface area contributed by atoms with Crippen LogP contribution < -0.4 is 10.1 Å². The molecule has 0 saturated carbocycles. The second-order valence-corrected chi connectivity index (χ2v) is 4.57. The molecule has 1 aromatic carbocycles. The first-order valence-electron chi connectivity index (χ1n) is 6.10. The molecule has 0 atom stereocenters. The van der Waals surface area contributed by atoms with Crippen molar-refractivity contribution in [1.82, 2.24) is 5.32 Å². The summed E-state index contributed by atoms with van der Waals surface area (Å²) in [6.07, 6.45) is -0.856. The topological polar surface area (TPSA) is 21.3 Å². The molecule has 0 aliphatic carbocycles. The standard InChI is InChI=1S/C14H18F3NO/c1-11(2)10-18-9-3-4-12-5-7-13(8-6-12)19-14(15,16)17/h3-8,11,18H,9-10H2,1-2H3. The van der Waals surface area contributed by atoms with Crippen molar-refractivity contribution < 1.29 is 17.9 Å². The predicted octanol–water partition coefficient (Wildman–Crippen LogP) is 3.84. The Balaban J connectivity index is 2.41. The molecule has 1 N–H and O–H groups in total. The van der Waals surface area contributed by atoms with E-state index in [2.05, 4.69) is 23.9 Å². The highest BCUT2D eigenvalue weighted by Crippen LogP contribution is 2.22. The minimum Gasteiger partial charge on any atom is -0.406 e. The maximum absolute atomic E-state index is 12.0. The third-order valence-corrected chi connectivity index (χ3v) is 2.24. The van der Waals surface area contributed by atoms with Gasteiger partial charge in [-0.3, -0.25) is 0 Å². The van der Waals surface area contributed by atoms with Crippen LogP contribution in [0.2, 0.25) is 0 Å². The highest BCUT2D eigenvalue weighted by atomic mass is 19.4. The molecule has 0 heterocycles. The van der Waals surface area contributed by atoms with Gasteiger partial charge in [-0.15, -0.1) is 13.2 Å². The van der Waals surface area contributed by atoms with Gasteiger partial charge in [0.15, 0.2) is 0 Å². The molecule has 2 nitrogen and oxygen atoms in total. The van der Waals surface area contributed by atoms with Crippen molar-refractivity contribution in [2.45, 2.75) is 20.2 Å². The summed E-state index contributed by atoms with van der Waals surface area (Å²) in [4.78, 5) is 0. The number of alkyl halides is 3. The number of hydrogen-bond acceptors (Lipinski definition) is 2. The number of halogens is 3. The normalized spacial score (nSPS) is 12.3. The van der Waals surface area contributed by atoms with E-state index in [9.17, 15) is 13.2 Å². The summed E-state index contributed by atoms with van der Waals surface area (Å²) in [5.41, 5.74) is 0.834. The van der Waals surface area contributed by atoms with Gasteiger partial charge in [-0.05, 0) is 30.2 Å². The first-order valence-corrected chi connectivity index (χ1v) is 6.10. The molecule has 0 bridgehead atoms. The van der Waals surface area contributed by atoms with Crippen LogP contribution >= 0.6 is 0 Å². The zero-order valence-corrected chi connectivity index (χ0v) is 11.0. The summed E-state index contributed by atoms with van der Waals surface area (Å²) >= 11 is 0. The average Bonchev–Trinajstić information content (AvgIpc) is 2.28. The molecule has 0 aliphatic rings. The lowest BCUT2D eigenvalue weighted by Crippen LogP contribution is -2.19. The van der Waals surface area contributed by atoms with Gasteiger partial charge in [0.2, 0.25) is 0 Å². The Morgan fingerprint density at radius 1 is 1.21 bits per heavy atom. The van der Waals surface area contributed by atoms with Crippen molar-refractivity contribution in [3.8, 4) is 5.75 Å². The van der Waals surface area contributed by atoms with Crippen LogP contribution in [0.4, 0.5) is 13.2 Å². The second kappa shape index (κ2) is 7.19. The Hall–Kier alpha value is -1.49. The smallest absolute Gasteiger partial charge is 0.406 e. The van der Waals surface area contributed by atoms with Crippen LogP contribution in [0.1, 0.15) is 19.4 Å². The Morgan fingerprint density at radius 3 is 2.37 bits per heavy atom. The lowest BCUT2D eigenvalue weighted by atomic mass is 10.2.